The molecule has 1 aromatic carbocycles. The summed E-state index contributed by atoms with van der Waals surface area (Å²) in [5.74, 6) is 0.213. The van der Waals surface area contributed by atoms with Crippen LogP contribution >= 0.6 is 0 Å². The summed E-state index contributed by atoms with van der Waals surface area (Å²) in [7, 11) is 1.42. The number of pyridine rings is 1. The predicted molar refractivity (Wildman–Crippen MR) is 106 cm³/mol. The lowest BCUT2D eigenvalue weighted by molar-refractivity contribution is -0.138. The molecule has 0 aliphatic carbocycles. The van der Waals surface area contributed by atoms with Crippen LogP contribution in [0.1, 0.15) is 35.4 Å². The number of halogens is 3. The van der Waals surface area contributed by atoms with Crippen molar-refractivity contribution in [2.24, 2.45) is 0 Å². The molecule has 1 aliphatic rings. The standard InChI is InChI=1S/C21H21F3N4O2/c1-30-18-11-26-17-10-15(13-6-8-25-9-7-13)20(29)28(19(17)27-18)12-14-4-2-3-5-16(14)21(22,23)24/h2-5,10-11,13,25H,6-9,12H2,1H3. The fourth-order valence-corrected chi connectivity index (χ4v) is 3.91. The summed E-state index contributed by atoms with van der Waals surface area (Å²) in [6.45, 7) is 1.31. The highest BCUT2D eigenvalue weighted by Crippen LogP contribution is 2.32. The Morgan fingerprint density at radius 1 is 1.23 bits per heavy atom. The van der Waals surface area contributed by atoms with Gasteiger partial charge in [-0.25, -0.2) is 4.98 Å². The lowest BCUT2D eigenvalue weighted by atomic mass is 9.91. The summed E-state index contributed by atoms with van der Waals surface area (Å²) in [5.41, 5.74) is 0.109. The number of benzene rings is 1. The Bertz CT molecular complexity index is 1120. The average molecular weight is 418 g/mol. The largest absolute Gasteiger partial charge is 0.480 e. The highest BCUT2D eigenvalue weighted by atomic mass is 19.4. The fourth-order valence-electron chi connectivity index (χ4n) is 3.91. The second-order valence-corrected chi connectivity index (χ2v) is 7.29. The zero-order valence-electron chi connectivity index (χ0n) is 16.4. The highest BCUT2D eigenvalue weighted by Gasteiger charge is 2.33. The maximum Gasteiger partial charge on any atom is 0.416 e. The number of ether oxygens (including phenoxy) is 1. The van der Waals surface area contributed by atoms with Crippen molar-refractivity contribution in [3.63, 3.8) is 0 Å². The Morgan fingerprint density at radius 2 is 1.97 bits per heavy atom. The minimum atomic E-state index is -4.52. The molecule has 30 heavy (non-hydrogen) atoms. The molecule has 0 unspecified atom stereocenters. The van der Waals surface area contributed by atoms with Gasteiger partial charge in [0, 0.05) is 5.56 Å². The highest BCUT2D eigenvalue weighted by molar-refractivity contribution is 5.71. The molecule has 0 bridgehead atoms. The van der Waals surface area contributed by atoms with E-state index in [-0.39, 0.29) is 35.1 Å². The molecule has 4 rings (SSSR count). The van der Waals surface area contributed by atoms with E-state index in [4.69, 9.17) is 4.74 Å². The zero-order valence-corrected chi connectivity index (χ0v) is 16.4. The number of hydrogen-bond acceptors (Lipinski definition) is 5. The summed E-state index contributed by atoms with van der Waals surface area (Å²) in [6.07, 6.45) is -1.52. The monoisotopic (exact) mass is 418 g/mol. The van der Waals surface area contributed by atoms with Gasteiger partial charge in [0.05, 0.1) is 25.4 Å². The van der Waals surface area contributed by atoms with Gasteiger partial charge in [-0.05, 0) is 49.5 Å². The lowest BCUT2D eigenvalue weighted by Crippen LogP contribution is -2.33. The van der Waals surface area contributed by atoms with Crippen LogP contribution in [0, 0.1) is 0 Å². The molecule has 0 spiro atoms. The van der Waals surface area contributed by atoms with E-state index in [0.29, 0.717) is 11.1 Å². The molecule has 1 aliphatic heterocycles. The first-order chi connectivity index (χ1) is 14.4. The molecular formula is C21H21F3N4O2. The summed E-state index contributed by atoms with van der Waals surface area (Å²) in [6, 6.07) is 6.98. The van der Waals surface area contributed by atoms with Gasteiger partial charge in [-0.2, -0.15) is 18.2 Å². The molecule has 1 fully saturated rings. The molecular weight excluding hydrogens is 397 g/mol. The van der Waals surface area contributed by atoms with Gasteiger partial charge in [-0.15, -0.1) is 0 Å². The number of fused-ring (bicyclic) bond motifs is 1. The number of aromatic nitrogens is 3. The van der Waals surface area contributed by atoms with E-state index >= 15 is 0 Å². The van der Waals surface area contributed by atoms with E-state index in [1.54, 1.807) is 6.07 Å². The van der Waals surface area contributed by atoms with Crippen molar-refractivity contribution < 1.29 is 17.9 Å². The van der Waals surface area contributed by atoms with Gasteiger partial charge in [-0.3, -0.25) is 9.36 Å². The second-order valence-electron chi connectivity index (χ2n) is 7.29. The lowest BCUT2D eigenvalue weighted by Gasteiger charge is -2.24. The Hall–Kier alpha value is -2.94. The van der Waals surface area contributed by atoms with E-state index in [2.05, 4.69) is 15.3 Å². The summed E-state index contributed by atoms with van der Waals surface area (Å²) < 4.78 is 46.9. The van der Waals surface area contributed by atoms with Crippen LogP contribution < -0.4 is 15.6 Å². The summed E-state index contributed by atoms with van der Waals surface area (Å²) >= 11 is 0. The van der Waals surface area contributed by atoms with E-state index in [0.717, 1.165) is 32.0 Å². The van der Waals surface area contributed by atoms with E-state index in [9.17, 15) is 18.0 Å². The molecule has 0 saturated carbocycles. The topological polar surface area (TPSA) is 69.0 Å². The van der Waals surface area contributed by atoms with Crippen LogP contribution in [0.2, 0.25) is 0 Å². The third kappa shape index (κ3) is 3.89. The number of rotatable bonds is 4. The van der Waals surface area contributed by atoms with Crippen LogP contribution in [0.15, 0.2) is 41.3 Å². The first kappa shape index (κ1) is 20.3. The molecule has 0 radical (unpaired) electrons. The number of hydrogen-bond donors (Lipinski definition) is 1. The van der Waals surface area contributed by atoms with Crippen molar-refractivity contribution in [1.29, 1.82) is 0 Å². The van der Waals surface area contributed by atoms with Gasteiger partial charge in [0.25, 0.3) is 5.56 Å². The van der Waals surface area contributed by atoms with Gasteiger partial charge in [0.1, 0.15) is 5.52 Å². The second kappa shape index (κ2) is 8.06. The number of nitrogens with zero attached hydrogens (tertiary/aromatic N) is 3. The number of methoxy groups -OCH3 is 1. The minimum absolute atomic E-state index is 0.000445. The molecule has 1 saturated heterocycles. The van der Waals surface area contributed by atoms with E-state index < -0.39 is 11.7 Å². The minimum Gasteiger partial charge on any atom is -0.480 e. The Balaban J connectivity index is 1.91. The molecule has 1 N–H and O–H groups in total. The van der Waals surface area contributed by atoms with Crippen molar-refractivity contribution >= 4 is 11.2 Å². The first-order valence-electron chi connectivity index (χ1n) is 9.69. The van der Waals surface area contributed by atoms with Gasteiger partial charge in [-0.1, -0.05) is 18.2 Å². The molecule has 6 nitrogen and oxygen atoms in total. The number of piperidine rings is 1. The van der Waals surface area contributed by atoms with Crippen molar-refractivity contribution in [2.45, 2.75) is 31.5 Å². The van der Waals surface area contributed by atoms with Crippen LogP contribution in [-0.4, -0.2) is 34.7 Å². The maximum absolute atomic E-state index is 13.5. The van der Waals surface area contributed by atoms with Gasteiger partial charge >= 0.3 is 6.18 Å². The summed E-state index contributed by atoms with van der Waals surface area (Å²) in [5, 5.41) is 3.26. The number of alkyl halides is 3. The summed E-state index contributed by atoms with van der Waals surface area (Å²) in [4.78, 5) is 22.1. The van der Waals surface area contributed by atoms with Gasteiger partial charge < -0.3 is 10.1 Å². The molecule has 3 heterocycles. The van der Waals surface area contributed by atoms with Crippen molar-refractivity contribution in [2.75, 3.05) is 20.2 Å². The molecule has 2 aromatic heterocycles. The molecule has 158 valence electrons. The molecule has 9 heteroatoms. The Kier molecular flexibility index (Phi) is 5.46. The first-order valence-corrected chi connectivity index (χ1v) is 9.69. The van der Waals surface area contributed by atoms with Crippen LogP contribution in [0.5, 0.6) is 5.88 Å². The average Bonchev–Trinajstić information content (AvgIpc) is 2.75. The molecule has 0 atom stereocenters. The maximum atomic E-state index is 13.5. The smallest absolute Gasteiger partial charge is 0.416 e. The number of nitrogens with one attached hydrogen (secondary N) is 1. The fraction of sp³-hybridized carbons (Fsp3) is 0.381. The van der Waals surface area contributed by atoms with E-state index in [1.165, 1.54) is 36.1 Å². The van der Waals surface area contributed by atoms with Crippen LogP contribution in [0.25, 0.3) is 11.2 Å². The SMILES string of the molecule is COc1cnc2cc(C3CCNCC3)c(=O)n(Cc3ccccc3C(F)(F)F)c2n1. The Labute approximate surface area is 170 Å². The third-order valence-electron chi connectivity index (χ3n) is 5.44. The van der Waals surface area contributed by atoms with Crippen LogP contribution in [0.3, 0.4) is 0 Å². The predicted octanol–water partition coefficient (Wildman–Crippen LogP) is 3.33. The van der Waals surface area contributed by atoms with Crippen molar-refractivity contribution in [1.82, 2.24) is 19.9 Å². The zero-order chi connectivity index (χ0) is 21.3. The molecule has 3 aromatic rings. The Morgan fingerprint density at radius 3 is 2.67 bits per heavy atom. The molecule has 0 amide bonds. The van der Waals surface area contributed by atoms with E-state index in [1.807, 2.05) is 0 Å². The normalized spacial score (nSPS) is 15.5. The van der Waals surface area contributed by atoms with Crippen molar-refractivity contribution in [3.05, 3.63) is 63.6 Å². The van der Waals surface area contributed by atoms with Crippen LogP contribution in [0.4, 0.5) is 13.2 Å². The van der Waals surface area contributed by atoms with Crippen LogP contribution in [-0.2, 0) is 12.7 Å². The van der Waals surface area contributed by atoms with Gasteiger partial charge in [0.15, 0.2) is 5.65 Å². The van der Waals surface area contributed by atoms with Gasteiger partial charge in [0.2, 0.25) is 5.88 Å². The van der Waals surface area contributed by atoms with Crippen molar-refractivity contribution in [3.8, 4) is 5.88 Å². The quantitative estimate of drug-likeness (QED) is 0.704. The third-order valence-corrected chi connectivity index (χ3v) is 5.44.